The second kappa shape index (κ2) is 8.52. The Kier molecular flexibility index (Phi) is 5.64. The molecule has 0 saturated carbocycles. The van der Waals surface area contributed by atoms with Crippen LogP contribution in [-0.4, -0.2) is 32.5 Å². The Hall–Kier alpha value is -3.43. The second-order valence-corrected chi connectivity index (χ2v) is 8.02. The molecule has 1 aromatic carbocycles. The Morgan fingerprint density at radius 2 is 2.07 bits per heavy atom. The standard InChI is InChI=1S/C20H17ClN6O2S/c1-22-15-10-14(26-9-3-2-4-19(26)28)5-6-16(15)27-12-13(24-25-27)11-23-20(29)17-7-8-18(21)30-17/h2-10,12,22H,11H2,1H3,(H,23,29). The maximum atomic E-state index is 12.2. The van der Waals surface area contributed by atoms with Gasteiger partial charge >= 0.3 is 0 Å². The molecule has 3 heterocycles. The van der Waals surface area contributed by atoms with Gasteiger partial charge < -0.3 is 10.6 Å². The number of rotatable bonds is 6. The van der Waals surface area contributed by atoms with Crippen LogP contribution in [0.4, 0.5) is 5.69 Å². The van der Waals surface area contributed by atoms with Gasteiger partial charge in [-0.15, -0.1) is 16.4 Å². The summed E-state index contributed by atoms with van der Waals surface area (Å²) >= 11 is 7.09. The van der Waals surface area contributed by atoms with E-state index in [4.69, 9.17) is 11.6 Å². The van der Waals surface area contributed by atoms with Crippen molar-refractivity contribution in [3.05, 3.63) is 86.2 Å². The molecule has 4 aromatic rings. The Labute approximate surface area is 180 Å². The van der Waals surface area contributed by atoms with Crippen LogP contribution in [0.25, 0.3) is 11.4 Å². The number of benzene rings is 1. The molecule has 30 heavy (non-hydrogen) atoms. The van der Waals surface area contributed by atoms with Crippen LogP contribution in [-0.2, 0) is 6.54 Å². The van der Waals surface area contributed by atoms with Crippen molar-refractivity contribution in [2.75, 3.05) is 12.4 Å². The molecule has 0 radical (unpaired) electrons. The summed E-state index contributed by atoms with van der Waals surface area (Å²) in [4.78, 5) is 24.8. The molecule has 0 unspecified atom stereocenters. The quantitative estimate of drug-likeness (QED) is 0.480. The van der Waals surface area contributed by atoms with E-state index < -0.39 is 0 Å². The van der Waals surface area contributed by atoms with Gasteiger partial charge in [-0.2, -0.15) is 0 Å². The first-order chi connectivity index (χ1) is 14.5. The van der Waals surface area contributed by atoms with Crippen molar-refractivity contribution in [3.8, 4) is 11.4 Å². The van der Waals surface area contributed by atoms with Crippen molar-refractivity contribution in [3.63, 3.8) is 0 Å². The largest absolute Gasteiger partial charge is 0.386 e. The number of nitrogens with one attached hydrogen (secondary N) is 2. The molecule has 1 amide bonds. The number of carbonyl (C=O) groups excluding carboxylic acids is 1. The molecular formula is C20H17ClN6O2S. The Morgan fingerprint density at radius 1 is 1.20 bits per heavy atom. The van der Waals surface area contributed by atoms with Crippen LogP contribution in [0.5, 0.6) is 0 Å². The van der Waals surface area contributed by atoms with Crippen molar-refractivity contribution >= 4 is 34.5 Å². The summed E-state index contributed by atoms with van der Waals surface area (Å²) in [6.45, 7) is 0.237. The molecule has 0 aliphatic heterocycles. The van der Waals surface area contributed by atoms with E-state index in [1.54, 1.807) is 53.0 Å². The number of anilines is 1. The summed E-state index contributed by atoms with van der Waals surface area (Å²) < 4.78 is 3.74. The third-order valence-corrected chi connectivity index (χ3v) is 5.59. The van der Waals surface area contributed by atoms with Gasteiger partial charge in [-0.25, -0.2) is 4.68 Å². The fourth-order valence-electron chi connectivity index (χ4n) is 2.91. The lowest BCUT2D eigenvalue weighted by Crippen LogP contribution is -2.21. The number of nitrogens with zero attached hydrogens (tertiary/aromatic N) is 4. The van der Waals surface area contributed by atoms with E-state index in [9.17, 15) is 9.59 Å². The lowest BCUT2D eigenvalue weighted by atomic mass is 10.2. The number of thiophene rings is 1. The molecule has 0 atom stereocenters. The summed E-state index contributed by atoms with van der Waals surface area (Å²) in [6.07, 6.45) is 3.46. The molecule has 10 heteroatoms. The van der Waals surface area contributed by atoms with Crippen LogP contribution in [0, 0.1) is 0 Å². The number of carbonyl (C=O) groups is 1. The predicted octanol–water partition coefficient (Wildman–Crippen LogP) is 3.10. The van der Waals surface area contributed by atoms with E-state index in [-0.39, 0.29) is 18.0 Å². The maximum absolute atomic E-state index is 12.2. The average molecular weight is 441 g/mol. The van der Waals surface area contributed by atoms with Gasteiger partial charge in [0.1, 0.15) is 5.69 Å². The van der Waals surface area contributed by atoms with Crippen molar-refractivity contribution in [1.82, 2.24) is 24.9 Å². The Balaban J connectivity index is 1.53. The van der Waals surface area contributed by atoms with Crippen molar-refractivity contribution < 1.29 is 4.79 Å². The van der Waals surface area contributed by atoms with Crippen molar-refractivity contribution in [2.45, 2.75) is 6.54 Å². The van der Waals surface area contributed by atoms with Crippen LogP contribution in [0.15, 0.2) is 65.7 Å². The van der Waals surface area contributed by atoms with Gasteiger partial charge in [-0.1, -0.05) is 22.9 Å². The van der Waals surface area contributed by atoms with E-state index in [1.165, 1.54) is 17.4 Å². The number of amides is 1. The number of hydrogen-bond acceptors (Lipinski definition) is 6. The van der Waals surface area contributed by atoms with Gasteiger partial charge in [0, 0.05) is 19.3 Å². The minimum Gasteiger partial charge on any atom is -0.386 e. The zero-order valence-corrected chi connectivity index (χ0v) is 17.4. The SMILES string of the molecule is CNc1cc(-n2ccccc2=O)ccc1-n1cc(CNC(=O)c2ccc(Cl)s2)nn1. The van der Waals surface area contributed by atoms with Gasteiger partial charge in [0.25, 0.3) is 11.5 Å². The summed E-state index contributed by atoms with van der Waals surface area (Å²) in [5.41, 5.74) is 2.77. The molecule has 4 rings (SSSR count). The zero-order chi connectivity index (χ0) is 21.1. The van der Waals surface area contributed by atoms with Gasteiger partial charge in [-0.3, -0.25) is 14.2 Å². The van der Waals surface area contributed by atoms with Crippen LogP contribution in [0.2, 0.25) is 4.34 Å². The normalized spacial score (nSPS) is 10.7. The minimum atomic E-state index is -0.213. The monoisotopic (exact) mass is 440 g/mol. The Morgan fingerprint density at radius 3 is 2.80 bits per heavy atom. The van der Waals surface area contributed by atoms with E-state index in [0.717, 1.165) is 17.1 Å². The number of hydrogen-bond donors (Lipinski definition) is 2. The summed E-state index contributed by atoms with van der Waals surface area (Å²) in [5, 5.41) is 14.2. The average Bonchev–Trinajstić information content (AvgIpc) is 3.41. The molecule has 152 valence electrons. The second-order valence-electron chi connectivity index (χ2n) is 6.30. The molecule has 0 spiro atoms. The van der Waals surface area contributed by atoms with E-state index in [2.05, 4.69) is 20.9 Å². The number of aromatic nitrogens is 4. The van der Waals surface area contributed by atoms with Crippen molar-refractivity contribution in [1.29, 1.82) is 0 Å². The van der Waals surface area contributed by atoms with Gasteiger partial charge in [0.15, 0.2) is 0 Å². The first kappa shape index (κ1) is 19.9. The van der Waals surface area contributed by atoms with Gasteiger partial charge in [0.2, 0.25) is 0 Å². The number of halogens is 1. The topological polar surface area (TPSA) is 93.8 Å². The zero-order valence-electron chi connectivity index (χ0n) is 15.9. The summed E-state index contributed by atoms with van der Waals surface area (Å²) in [5.74, 6) is -0.213. The maximum Gasteiger partial charge on any atom is 0.261 e. The molecule has 0 saturated heterocycles. The summed E-state index contributed by atoms with van der Waals surface area (Å²) in [7, 11) is 1.79. The van der Waals surface area contributed by atoms with Crippen LogP contribution < -0.4 is 16.2 Å². The van der Waals surface area contributed by atoms with E-state index in [1.807, 2.05) is 18.2 Å². The first-order valence-electron chi connectivity index (χ1n) is 9.00. The third-order valence-electron chi connectivity index (χ3n) is 4.36. The number of pyridine rings is 1. The highest BCUT2D eigenvalue weighted by Crippen LogP contribution is 2.23. The molecule has 0 aliphatic carbocycles. The molecule has 2 N–H and O–H groups in total. The molecule has 3 aromatic heterocycles. The highest BCUT2D eigenvalue weighted by Gasteiger charge is 2.12. The lowest BCUT2D eigenvalue weighted by Gasteiger charge is -2.12. The van der Waals surface area contributed by atoms with Crippen LogP contribution in [0.1, 0.15) is 15.4 Å². The van der Waals surface area contributed by atoms with Gasteiger partial charge in [-0.05, 0) is 36.4 Å². The molecule has 0 fully saturated rings. The fraction of sp³-hybridized carbons (Fsp3) is 0.100. The minimum absolute atomic E-state index is 0.113. The van der Waals surface area contributed by atoms with Gasteiger partial charge in [0.05, 0.1) is 39.0 Å². The van der Waals surface area contributed by atoms with E-state index >= 15 is 0 Å². The first-order valence-corrected chi connectivity index (χ1v) is 10.2. The molecular weight excluding hydrogens is 424 g/mol. The van der Waals surface area contributed by atoms with Crippen LogP contribution >= 0.6 is 22.9 Å². The highest BCUT2D eigenvalue weighted by molar-refractivity contribution is 7.17. The molecule has 8 nitrogen and oxygen atoms in total. The third kappa shape index (κ3) is 4.12. The summed E-state index contributed by atoms with van der Waals surface area (Å²) in [6, 6.07) is 13.9. The fourth-order valence-corrected chi connectivity index (χ4v) is 3.87. The van der Waals surface area contributed by atoms with Crippen LogP contribution in [0.3, 0.4) is 0 Å². The molecule has 0 aliphatic rings. The molecule has 0 bridgehead atoms. The predicted molar refractivity (Wildman–Crippen MR) is 117 cm³/mol. The van der Waals surface area contributed by atoms with Crippen molar-refractivity contribution in [2.24, 2.45) is 0 Å². The smallest absolute Gasteiger partial charge is 0.261 e. The Bertz CT molecular complexity index is 1260. The van der Waals surface area contributed by atoms with E-state index in [0.29, 0.717) is 14.9 Å². The lowest BCUT2D eigenvalue weighted by molar-refractivity contribution is 0.0954. The highest BCUT2D eigenvalue weighted by atomic mass is 35.5.